The number of nitrogens with two attached hydrogens (primary N) is 2. The van der Waals surface area contributed by atoms with Gasteiger partial charge >= 0.3 is 12.0 Å². The summed E-state index contributed by atoms with van der Waals surface area (Å²) in [6.07, 6.45) is 0. The Morgan fingerprint density at radius 2 is 1.56 bits per heavy atom. The van der Waals surface area contributed by atoms with Gasteiger partial charge in [-0.1, -0.05) is 0 Å². The van der Waals surface area contributed by atoms with Crippen LogP contribution >= 0.6 is 0 Å². The van der Waals surface area contributed by atoms with Crippen LogP contribution in [0.5, 0.6) is 0 Å². The lowest BCUT2D eigenvalue weighted by Crippen LogP contribution is -2.18. The van der Waals surface area contributed by atoms with Gasteiger partial charge in [0.1, 0.15) is 0 Å². The molecule has 0 atom stereocenters. The molecule has 0 radical (unpaired) electrons. The predicted octanol–water partition coefficient (Wildman–Crippen LogP) is -0.954. The van der Waals surface area contributed by atoms with E-state index in [1.807, 2.05) is 0 Å². The van der Waals surface area contributed by atoms with Crippen molar-refractivity contribution in [2.45, 2.75) is 6.92 Å². The van der Waals surface area contributed by atoms with Crippen molar-refractivity contribution in [1.82, 2.24) is 0 Å². The molecule has 0 unspecified atom stereocenters. The van der Waals surface area contributed by atoms with Gasteiger partial charge in [-0.15, -0.1) is 0 Å². The molecule has 9 heavy (non-hydrogen) atoms. The monoisotopic (exact) mass is 136 g/mol. The van der Waals surface area contributed by atoms with Gasteiger partial charge in [0.2, 0.25) is 0 Å². The van der Waals surface area contributed by atoms with Crippen LogP contribution in [0.15, 0.2) is 0 Å². The molecule has 0 bridgehead atoms. The molecule has 5 N–H and O–H groups in total. The van der Waals surface area contributed by atoms with Gasteiger partial charge < -0.3 is 16.4 Å². The fourth-order valence-corrected chi connectivity index (χ4v) is 0. The zero-order valence-electron chi connectivity index (χ0n) is 4.83. The third-order valence-electron chi connectivity index (χ3n) is 0.129. The van der Waals surface area contributed by atoms with Gasteiger partial charge in [0, 0.05) is 6.92 Å². The summed E-state index contributed by atoms with van der Waals surface area (Å²) in [5.74, 6) is -0.690. The van der Waals surface area contributed by atoms with E-state index < -0.39 is 12.0 Å². The molecule has 0 aromatic carbocycles. The van der Waals surface area contributed by atoms with E-state index in [-0.39, 0.29) is 0 Å². The summed E-state index contributed by atoms with van der Waals surface area (Å²) in [4.78, 5) is 21.5. The fraction of sp³-hybridized carbons (Fsp3) is 0.333. The standard InChI is InChI=1S/C2H4O3.CH4N2O/c1-2(3)5-4;2-1(3)4/h4H,1H3;(H4,2,3,4). The molecule has 0 aliphatic carbocycles. The highest BCUT2D eigenvalue weighted by molar-refractivity contribution is 5.69. The lowest BCUT2D eigenvalue weighted by Gasteiger charge is -1.76. The number of urea groups is 1. The summed E-state index contributed by atoms with van der Waals surface area (Å²) in [6.45, 7) is 1.11. The highest BCUT2D eigenvalue weighted by atomic mass is 17.1. The Morgan fingerprint density at radius 3 is 1.56 bits per heavy atom. The molecule has 0 spiro atoms. The largest absolute Gasteiger partial charge is 0.352 e. The van der Waals surface area contributed by atoms with Crippen LogP contribution in [0.2, 0.25) is 0 Å². The smallest absolute Gasteiger partial charge is 0.339 e. The second kappa shape index (κ2) is 6.70. The first kappa shape index (κ1) is 10.6. The molecule has 6 heteroatoms. The van der Waals surface area contributed by atoms with Crippen LogP contribution in [0.1, 0.15) is 6.92 Å². The minimum absolute atomic E-state index is 0.690. The Bertz CT molecular complexity index is 98.0. The molecule has 0 heterocycles. The second-order valence-corrected chi connectivity index (χ2v) is 0.985. The first-order chi connectivity index (χ1) is 4.00. The van der Waals surface area contributed by atoms with E-state index in [0.717, 1.165) is 6.92 Å². The van der Waals surface area contributed by atoms with Crippen molar-refractivity contribution < 1.29 is 19.7 Å². The zero-order chi connectivity index (χ0) is 7.86. The van der Waals surface area contributed by atoms with Crippen molar-refractivity contribution in [1.29, 1.82) is 0 Å². The third kappa shape index (κ3) is 302. The summed E-state index contributed by atoms with van der Waals surface area (Å²) in [7, 11) is 0. The molecule has 2 amide bonds. The molecule has 0 saturated heterocycles. The first-order valence-corrected chi connectivity index (χ1v) is 1.87. The maximum absolute atomic E-state index is 9.34. The van der Waals surface area contributed by atoms with E-state index in [4.69, 9.17) is 10.1 Å². The van der Waals surface area contributed by atoms with E-state index in [9.17, 15) is 4.79 Å². The van der Waals surface area contributed by atoms with Crippen LogP contribution in [-0.4, -0.2) is 17.3 Å². The summed E-state index contributed by atoms with van der Waals surface area (Å²) >= 11 is 0. The Kier molecular flexibility index (Phi) is 7.92. The van der Waals surface area contributed by atoms with Crippen LogP contribution in [-0.2, 0) is 9.68 Å². The van der Waals surface area contributed by atoms with Crippen molar-refractivity contribution >= 4 is 12.0 Å². The van der Waals surface area contributed by atoms with Crippen LogP contribution in [0.25, 0.3) is 0 Å². The van der Waals surface area contributed by atoms with E-state index in [0.29, 0.717) is 0 Å². The van der Waals surface area contributed by atoms with E-state index in [2.05, 4.69) is 16.4 Å². The van der Waals surface area contributed by atoms with E-state index in [1.54, 1.807) is 0 Å². The van der Waals surface area contributed by atoms with Crippen molar-refractivity contribution in [2.24, 2.45) is 11.5 Å². The molecular formula is C3H8N2O4. The number of amides is 2. The number of carbonyl (C=O) groups is 2. The zero-order valence-corrected chi connectivity index (χ0v) is 4.83. The summed E-state index contributed by atoms with van der Waals surface area (Å²) < 4.78 is 0. The average Bonchev–Trinajstić information content (AvgIpc) is 1.65. The summed E-state index contributed by atoms with van der Waals surface area (Å²) in [6, 6.07) is -0.833. The molecule has 6 nitrogen and oxygen atoms in total. The van der Waals surface area contributed by atoms with Crippen LogP contribution < -0.4 is 11.5 Å². The number of hydrogen-bond donors (Lipinski definition) is 3. The van der Waals surface area contributed by atoms with Gasteiger partial charge in [-0.2, -0.15) is 5.26 Å². The molecule has 0 rings (SSSR count). The minimum Gasteiger partial charge on any atom is -0.352 e. The maximum atomic E-state index is 9.34. The summed E-state index contributed by atoms with van der Waals surface area (Å²) in [5.41, 5.74) is 8.50. The van der Waals surface area contributed by atoms with Crippen molar-refractivity contribution in [2.75, 3.05) is 0 Å². The topological polar surface area (TPSA) is 116 Å². The lowest BCUT2D eigenvalue weighted by atomic mass is 10.9. The highest BCUT2D eigenvalue weighted by Crippen LogP contribution is 1.59. The number of carbonyl (C=O) groups excluding carboxylic acids is 2. The van der Waals surface area contributed by atoms with Crippen LogP contribution in [0.3, 0.4) is 0 Å². The molecule has 0 fully saturated rings. The summed E-state index contributed by atoms with van der Waals surface area (Å²) in [5, 5.41) is 7.29. The Hall–Kier alpha value is -1.30. The van der Waals surface area contributed by atoms with Crippen LogP contribution in [0, 0.1) is 0 Å². The first-order valence-electron chi connectivity index (χ1n) is 1.87. The lowest BCUT2D eigenvalue weighted by molar-refractivity contribution is -0.231. The van der Waals surface area contributed by atoms with Gasteiger partial charge in [-0.05, 0) is 0 Å². The highest BCUT2D eigenvalue weighted by Gasteiger charge is 1.79. The Balaban J connectivity index is 0. The third-order valence-corrected chi connectivity index (χ3v) is 0.129. The van der Waals surface area contributed by atoms with Crippen molar-refractivity contribution in [3.05, 3.63) is 0 Å². The average molecular weight is 136 g/mol. The van der Waals surface area contributed by atoms with Gasteiger partial charge in [-0.25, -0.2) is 9.59 Å². The van der Waals surface area contributed by atoms with Crippen molar-refractivity contribution in [3.63, 3.8) is 0 Å². The SMILES string of the molecule is CC(=O)OO.NC(N)=O. The number of hydrogen-bond acceptors (Lipinski definition) is 4. The molecule has 54 valence electrons. The van der Waals surface area contributed by atoms with Gasteiger partial charge in [0.05, 0.1) is 0 Å². The Morgan fingerprint density at radius 1 is 1.44 bits per heavy atom. The molecule has 0 saturated carbocycles. The van der Waals surface area contributed by atoms with Crippen LogP contribution in [0.4, 0.5) is 4.79 Å². The van der Waals surface area contributed by atoms with Gasteiger partial charge in [0.15, 0.2) is 0 Å². The van der Waals surface area contributed by atoms with Gasteiger partial charge in [0.25, 0.3) is 0 Å². The second-order valence-electron chi connectivity index (χ2n) is 0.985. The molecule has 0 aromatic rings. The maximum Gasteiger partial charge on any atom is 0.339 e. The fourth-order valence-electron chi connectivity index (χ4n) is 0. The van der Waals surface area contributed by atoms with Gasteiger partial charge in [-0.3, -0.25) is 0 Å². The molecule has 0 aliphatic rings. The van der Waals surface area contributed by atoms with E-state index >= 15 is 0 Å². The van der Waals surface area contributed by atoms with E-state index in [1.165, 1.54) is 0 Å². The number of primary amides is 2. The molecular weight excluding hydrogens is 128 g/mol. The quantitative estimate of drug-likeness (QED) is 0.294. The predicted molar refractivity (Wildman–Crippen MR) is 28.2 cm³/mol. The van der Waals surface area contributed by atoms with Crippen molar-refractivity contribution in [3.8, 4) is 0 Å². The Labute approximate surface area is 51.3 Å². The molecule has 0 aromatic heterocycles. The minimum atomic E-state index is -0.833. The normalized spacial score (nSPS) is 6.44. The number of rotatable bonds is 0. The molecule has 0 aliphatic heterocycles.